The van der Waals surface area contributed by atoms with E-state index in [0.29, 0.717) is 17.5 Å². The molecule has 7 aromatic carbocycles. The van der Waals surface area contributed by atoms with E-state index in [9.17, 15) is 0 Å². The molecule has 11 rings (SSSR count). The number of hydrogen-bond acceptors (Lipinski definition) is 5. The second kappa shape index (κ2) is 11.1. The molecule has 0 saturated heterocycles. The van der Waals surface area contributed by atoms with Gasteiger partial charge < -0.3 is 0 Å². The second-order valence-corrected chi connectivity index (χ2v) is 15.2. The Morgan fingerprint density at radius 3 is 1.63 bits per heavy atom. The molecule has 0 bridgehead atoms. The molecule has 0 radical (unpaired) electrons. The van der Waals surface area contributed by atoms with Gasteiger partial charge in [0, 0.05) is 46.7 Å². The fourth-order valence-corrected chi connectivity index (χ4v) is 11.0. The zero-order chi connectivity index (χ0) is 33.5. The molecule has 0 unspecified atom stereocenters. The van der Waals surface area contributed by atoms with Crippen LogP contribution in [-0.4, -0.2) is 15.0 Å². The van der Waals surface area contributed by atoms with Crippen LogP contribution in [0.25, 0.3) is 65.5 Å². The van der Waals surface area contributed by atoms with E-state index < -0.39 is 5.41 Å². The second-order valence-electron chi connectivity index (χ2n) is 13.1. The van der Waals surface area contributed by atoms with Gasteiger partial charge in [-0.1, -0.05) is 163 Å². The Bertz CT molecular complexity index is 2740. The standard InChI is InChI=1S/C46H27N3S2/c1-3-14-28(15-4-1)43-47-44(29-16-5-2-6-17-29)49-45(48-43)33-20-13-25-39-40(33)32-26-27-37-42(41(32)51-39)50-38-24-12-11-23-36(38)46(37)34-21-9-7-18-30(34)31-19-8-10-22-35(31)46/h1-27H. The van der Waals surface area contributed by atoms with Crippen molar-refractivity contribution in [2.75, 3.05) is 0 Å². The molecule has 1 spiro atoms. The molecule has 3 heterocycles. The lowest BCUT2D eigenvalue weighted by molar-refractivity contribution is 0.726. The first-order valence-corrected chi connectivity index (χ1v) is 18.7. The van der Waals surface area contributed by atoms with Crippen LogP contribution < -0.4 is 0 Å². The van der Waals surface area contributed by atoms with Gasteiger partial charge in [-0.2, -0.15) is 0 Å². The third-order valence-electron chi connectivity index (χ3n) is 10.4. The molecule has 0 N–H and O–H groups in total. The summed E-state index contributed by atoms with van der Waals surface area (Å²) in [5.41, 5.74) is 10.6. The number of fused-ring (bicyclic) bond motifs is 13. The van der Waals surface area contributed by atoms with Gasteiger partial charge in [0.15, 0.2) is 17.5 Å². The van der Waals surface area contributed by atoms with Crippen LogP contribution in [0.3, 0.4) is 0 Å². The van der Waals surface area contributed by atoms with Crippen LogP contribution in [0.1, 0.15) is 22.3 Å². The number of benzene rings is 7. The lowest BCUT2D eigenvalue weighted by atomic mass is 9.67. The lowest BCUT2D eigenvalue weighted by Gasteiger charge is -2.39. The molecule has 0 saturated carbocycles. The average Bonchev–Trinajstić information content (AvgIpc) is 3.73. The van der Waals surface area contributed by atoms with E-state index in [-0.39, 0.29) is 0 Å². The van der Waals surface area contributed by atoms with Gasteiger partial charge in [0.1, 0.15) is 0 Å². The van der Waals surface area contributed by atoms with Crippen molar-refractivity contribution >= 4 is 43.3 Å². The van der Waals surface area contributed by atoms with Gasteiger partial charge in [-0.05, 0) is 45.5 Å². The monoisotopic (exact) mass is 685 g/mol. The molecule has 0 atom stereocenters. The summed E-state index contributed by atoms with van der Waals surface area (Å²) in [5.74, 6) is 2.01. The molecular formula is C46H27N3S2. The third-order valence-corrected chi connectivity index (χ3v) is 12.9. The summed E-state index contributed by atoms with van der Waals surface area (Å²) >= 11 is 3.78. The maximum atomic E-state index is 5.14. The van der Waals surface area contributed by atoms with Crippen LogP contribution in [-0.2, 0) is 5.41 Å². The van der Waals surface area contributed by atoms with E-state index in [0.717, 1.165) is 16.7 Å². The summed E-state index contributed by atoms with van der Waals surface area (Å²) in [6.45, 7) is 0. The van der Waals surface area contributed by atoms with Crippen molar-refractivity contribution < 1.29 is 0 Å². The fraction of sp³-hybridized carbons (Fsp3) is 0.0217. The predicted molar refractivity (Wildman–Crippen MR) is 210 cm³/mol. The van der Waals surface area contributed by atoms with Crippen LogP contribution in [0, 0.1) is 0 Å². The molecular weight excluding hydrogens is 659 g/mol. The number of rotatable bonds is 3. The molecule has 1 aliphatic carbocycles. The predicted octanol–water partition coefficient (Wildman–Crippen LogP) is 12.1. The SMILES string of the molecule is c1ccc(-c2nc(-c3ccccc3)nc(-c3cccc4sc5c6c(ccc5c34)C3(c4ccccc4S6)c4ccccc4-c4ccccc43)n2)cc1. The number of hydrogen-bond donors (Lipinski definition) is 0. The zero-order valence-corrected chi connectivity index (χ0v) is 28.9. The average molecular weight is 686 g/mol. The summed E-state index contributed by atoms with van der Waals surface area (Å²) in [7, 11) is 0. The Morgan fingerprint density at radius 1 is 0.412 bits per heavy atom. The molecule has 238 valence electrons. The van der Waals surface area contributed by atoms with Crippen molar-refractivity contribution in [2.45, 2.75) is 15.2 Å². The molecule has 3 nitrogen and oxygen atoms in total. The van der Waals surface area contributed by atoms with E-state index in [1.54, 1.807) is 0 Å². The maximum absolute atomic E-state index is 5.14. The molecule has 2 aromatic heterocycles. The zero-order valence-electron chi connectivity index (χ0n) is 27.2. The van der Waals surface area contributed by atoms with Crippen molar-refractivity contribution in [1.29, 1.82) is 0 Å². The Hall–Kier alpha value is -5.88. The highest BCUT2D eigenvalue weighted by molar-refractivity contribution is 8.00. The summed E-state index contributed by atoms with van der Waals surface area (Å²) < 4.78 is 2.52. The Labute approximate surface area is 303 Å². The normalized spacial score (nSPS) is 13.6. The quantitative estimate of drug-likeness (QED) is 0.186. The highest BCUT2D eigenvalue weighted by atomic mass is 32.2. The van der Waals surface area contributed by atoms with Crippen LogP contribution in [0.4, 0.5) is 0 Å². The van der Waals surface area contributed by atoms with Gasteiger partial charge in [0.2, 0.25) is 0 Å². The van der Waals surface area contributed by atoms with Gasteiger partial charge >= 0.3 is 0 Å². The molecule has 0 amide bonds. The lowest BCUT2D eigenvalue weighted by Crippen LogP contribution is -2.31. The largest absolute Gasteiger partial charge is 0.208 e. The molecule has 1 aliphatic heterocycles. The minimum absolute atomic E-state index is 0.402. The molecule has 5 heteroatoms. The minimum atomic E-state index is -0.402. The van der Waals surface area contributed by atoms with Crippen molar-refractivity contribution in [2.24, 2.45) is 0 Å². The number of aromatic nitrogens is 3. The first kappa shape index (κ1) is 28.9. The fourth-order valence-electron chi connectivity index (χ4n) is 8.31. The summed E-state index contributed by atoms with van der Waals surface area (Å²) in [6, 6.07) is 58.7. The minimum Gasteiger partial charge on any atom is -0.208 e. The van der Waals surface area contributed by atoms with Crippen LogP contribution in [0.5, 0.6) is 0 Å². The first-order chi connectivity index (χ1) is 25.3. The highest BCUT2D eigenvalue weighted by Gasteiger charge is 2.50. The summed E-state index contributed by atoms with van der Waals surface area (Å²) in [4.78, 5) is 17.9. The summed E-state index contributed by atoms with van der Waals surface area (Å²) in [6.07, 6.45) is 0. The smallest absolute Gasteiger partial charge is 0.164 e. The number of nitrogens with zero attached hydrogens (tertiary/aromatic N) is 3. The van der Waals surface area contributed by atoms with Crippen molar-refractivity contribution in [3.05, 3.63) is 186 Å². The Balaban J connectivity index is 1.19. The van der Waals surface area contributed by atoms with E-state index in [4.69, 9.17) is 15.0 Å². The van der Waals surface area contributed by atoms with Crippen molar-refractivity contribution in [3.8, 4) is 45.3 Å². The number of thiophene rings is 1. The van der Waals surface area contributed by atoms with Crippen LogP contribution >= 0.6 is 23.1 Å². The molecule has 2 aliphatic rings. The Kier molecular flexibility index (Phi) is 6.27. The molecule has 9 aromatic rings. The van der Waals surface area contributed by atoms with Crippen LogP contribution in [0.2, 0.25) is 0 Å². The highest BCUT2D eigenvalue weighted by Crippen LogP contribution is 2.63. The molecule has 51 heavy (non-hydrogen) atoms. The molecule has 0 fully saturated rings. The van der Waals surface area contributed by atoms with E-state index in [2.05, 4.69) is 127 Å². The van der Waals surface area contributed by atoms with Gasteiger partial charge in [-0.25, -0.2) is 15.0 Å². The maximum Gasteiger partial charge on any atom is 0.164 e. The van der Waals surface area contributed by atoms with Gasteiger partial charge in [-0.15, -0.1) is 11.3 Å². The van der Waals surface area contributed by atoms with Gasteiger partial charge in [0.25, 0.3) is 0 Å². The van der Waals surface area contributed by atoms with Crippen molar-refractivity contribution in [1.82, 2.24) is 15.0 Å². The van der Waals surface area contributed by atoms with Gasteiger partial charge in [-0.3, -0.25) is 0 Å². The van der Waals surface area contributed by atoms with E-state index in [1.807, 2.05) is 59.5 Å². The van der Waals surface area contributed by atoms with Crippen LogP contribution in [0.15, 0.2) is 174 Å². The summed E-state index contributed by atoms with van der Waals surface area (Å²) in [5, 5.41) is 2.42. The van der Waals surface area contributed by atoms with Crippen molar-refractivity contribution in [3.63, 3.8) is 0 Å². The van der Waals surface area contributed by atoms with Gasteiger partial charge in [0.05, 0.1) is 5.41 Å². The Morgan fingerprint density at radius 2 is 0.961 bits per heavy atom. The third kappa shape index (κ3) is 4.10. The first-order valence-electron chi connectivity index (χ1n) is 17.1. The van der Waals surface area contributed by atoms with E-state index in [1.165, 1.54) is 63.3 Å². The topological polar surface area (TPSA) is 38.7 Å². The van der Waals surface area contributed by atoms with E-state index >= 15 is 0 Å².